The van der Waals surface area contributed by atoms with E-state index in [-0.39, 0.29) is 27.9 Å². The maximum absolute atomic E-state index is 11.8. The van der Waals surface area contributed by atoms with Crippen LogP contribution in [0.4, 0.5) is 0 Å². The second-order valence-corrected chi connectivity index (χ2v) is 4.69. The molecule has 6 nitrogen and oxygen atoms in total. The molecule has 0 saturated carbocycles. The molecule has 0 aliphatic carbocycles. The lowest BCUT2D eigenvalue weighted by Gasteiger charge is -2.09. The van der Waals surface area contributed by atoms with Gasteiger partial charge in [-0.1, -0.05) is 17.7 Å². The van der Waals surface area contributed by atoms with Gasteiger partial charge in [-0.05, 0) is 18.2 Å². The van der Waals surface area contributed by atoms with E-state index in [9.17, 15) is 14.7 Å². The molecule has 1 heterocycles. The second-order valence-electron chi connectivity index (χ2n) is 4.29. The second kappa shape index (κ2) is 5.34. The number of para-hydroxylation sites is 1. The number of amides is 1. The molecule has 1 aromatic heterocycles. The minimum absolute atomic E-state index is 0.0180. The standard InChI is InChI=1S/C13H12ClN3O3/c1-16(2)12(18)10-6-7-17(15-10)11-8(13(19)20)4-3-5-9(11)14/h3-7H,1-2H3,(H,19,20). The number of carbonyl (C=O) groups is 2. The first-order valence-corrected chi connectivity index (χ1v) is 6.09. The quantitative estimate of drug-likeness (QED) is 0.938. The monoisotopic (exact) mass is 293 g/mol. The van der Waals surface area contributed by atoms with Gasteiger partial charge in [0.15, 0.2) is 5.69 Å². The largest absolute Gasteiger partial charge is 0.478 e. The molecule has 0 aliphatic heterocycles. The van der Waals surface area contributed by atoms with Gasteiger partial charge in [-0.25, -0.2) is 9.48 Å². The van der Waals surface area contributed by atoms with Crippen LogP contribution in [0.25, 0.3) is 5.69 Å². The average molecular weight is 294 g/mol. The molecule has 0 fully saturated rings. The first kappa shape index (κ1) is 14.1. The molecule has 2 rings (SSSR count). The third-order valence-electron chi connectivity index (χ3n) is 2.66. The van der Waals surface area contributed by atoms with Gasteiger partial charge >= 0.3 is 5.97 Å². The van der Waals surface area contributed by atoms with Gasteiger partial charge in [-0.2, -0.15) is 5.10 Å². The summed E-state index contributed by atoms with van der Waals surface area (Å²) < 4.78 is 1.29. The fraction of sp³-hybridized carbons (Fsp3) is 0.154. The van der Waals surface area contributed by atoms with Gasteiger partial charge in [0.1, 0.15) is 0 Å². The van der Waals surface area contributed by atoms with Crippen molar-refractivity contribution in [1.29, 1.82) is 0 Å². The van der Waals surface area contributed by atoms with Crippen molar-refractivity contribution in [2.45, 2.75) is 0 Å². The van der Waals surface area contributed by atoms with Gasteiger partial charge in [-0.3, -0.25) is 4.79 Å². The van der Waals surface area contributed by atoms with Crippen molar-refractivity contribution in [2.24, 2.45) is 0 Å². The summed E-state index contributed by atoms with van der Waals surface area (Å²) in [4.78, 5) is 24.4. The number of benzene rings is 1. The van der Waals surface area contributed by atoms with Crippen molar-refractivity contribution in [3.8, 4) is 5.69 Å². The summed E-state index contributed by atoms with van der Waals surface area (Å²) in [5.74, 6) is -1.38. The molecule has 0 saturated heterocycles. The summed E-state index contributed by atoms with van der Waals surface area (Å²) in [6.45, 7) is 0. The van der Waals surface area contributed by atoms with Crippen molar-refractivity contribution < 1.29 is 14.7 Å². The average Bonchev–Trinajstić information content (AvgIpc) is 2.86. The Morgan fingerprint density at radius 2 is 2.00 bits per heavy atom. The molecule has 1 aromatic carbocycles. The molecule has 0 unspecified atom stereocenters. The highest BCUT2D eigenvalue weighted by molar-refractivity contribution is 6.33. The summed E-state index contributed by atoms with van der Waals surface area (Å²) in [7, 11) is 3.22. The summed E-state index contributed by atoms with van der Waals surface area (Å²) >= 11 is 6.04. The van der Waals surface area contributed by atoms with Gasteiger partial charge < -0.3 is 10.0 Å². The van der Waals surface area contributed by atoms with E-state index >= 15 is 0 Å². The van der Waals surface area contributed by atoms with Gasteiger partial charge in [0.25, 0.3) is 5.91 Å². The van der Waals surface area contributed by atoms with E-state index in [0.29, 0.717) is 0 Å². The van der Waals surface area contributed by atoms with Crippen LogP contribution in [0.1, 0.15) is 20.8 Å². The van der Waals surface area contributed by atoms with E-state index in [4.69, 9.17) is 11.6 Å². The molecule has 0 aliphatic rings. The van der Waals surface area contributed by atoms with Crippen LogP contribution in [0.15, 0.2) is 30.5 Å². The minimum Gasteiger partial charge on any atom is -0.478 e. The molecule has 0 bridgehead atoms. The summed E-state index contributed by atoms with van der Waals surface area (Å²) in [5.41, 5.74) is 0.468. The molecule has 0 atom stereocenters. The molecular weight excluding hydrogens is 282 g/mol. The number of nitrogens with zero attached hydrogens (tertiary/aromatic N) is 3. The highest BCUT2D eigenvalue weighted by Gasteiger charge is 2.18. The number of carboxylic acids is 1. The van der Waals surface area contributed by atoms with E-state index < -0.39 is 5.97 Å². The SMILES string of the molecule is CN(C)C(=O)c1ccn(-c2c(Cl)cccc2C(=O)O)n1. The lowest BCUT2D eigenvalue weighted by atomic mass is 10.2. The van der Waals surface area contributed by atoms with Crippen LogP contribution in [0.5, 0.6) is 0 Å². The fourth-order valence-electron chi connectivity index (χ4n) is 1.71. The van der Waals surface area contributed by atoms with Crippen molar-refractivity contribution in [2.75, 3.05) is 14.1 Å². The van der Waals surface area contributed by atoms with Crippen LogP contribution in [0.2, 0.25) is 5.02 Å². The lowest BCUT2D eigenvalue weighted by molar-refractivity contribution is 0.0696. The maximum Gasteiger partial charge on any atom is 0.337 e. The number of halogens is 1. The zero-order valence-electron chi connectivity index (χ0n) is 10.9. The van der Waals surface area contributed by atoms with Crippen molar-refractivity contribution >= 4 is 23.5 Å². The number of aromatic carboxylic acids is 1. The Morgan fingerprint density at radius 3 is 2.60 bits per heavy atom. The number of carboxylic acid groups (broad SMARTS) is 1. The highest BCUT2D eigenvalue weighted by Crippen LogP contribution is 2.24. The van der Waals surface area contributed by atoms with Gasteiger partial charge in [0.2, 0.25) is 0 Å². The summed E-state index contributed by atoms with van der Waals surface area (Å²) in [6.07, 6.45) is 1.50. The molecule has 7 heteroatoms. The third-order valence-corrected chi connectivity index (χ3v) is 2.97. The van der Waals surface area contributed by atoms with E-state index in [1.807, 2.05) is 0 Å². The molecule has 20 heavy (non-hydrogen) atoms. The Morgan fingerprint density at radius 1 is 1.30 bits per heavy atom. The maximum atomic E-state index is 11.8. The van der Waals surface area contributed by atoms with E-state index in [1.165, 1.54) is 27.9 Å². The number of hydrogen-bond acceptors (Lipinski definition) is 3. The van der Waals surface area contributed by atoms with Crippen molar-refractivity contribution in [3.63, 3.8) is 0 Å². The summed E-state index contributed by atoms with van der Waals surface area (Å²) in [5, 5.41) is 13.5. The zero-order valence-corrected chi connectivity index (χ0v) is 11.6. The predicted molar refractivity (Wildman–Crippen MR) is 73.6 cm³/mol. The predicted octanol–water partition coefficient (Wildman–Crippen LogP) is 1.93. The van der Waals surface area contributed by atoms with E-state index in [1.54, 1.807) is 26.2 Å². The zero-order chi connectivity index (χ0) is 14.9. The van der Waals surface area contributed by atoms with Crippen molar-refractivity contribution in [1.82, 2.24) is 14.7 Å². The Hall–Kier alpha value is -2.34. The fourth-order valence-corrected chi connectivity index (χ4v) is 1.97. The van der Waals surface area contributed by atoms with Crippen LogP contribution in [0.3, 0.4) is 0 Å². The van der Waals surface area contributed by atoms with E-state index in [2.05, 4.69) is 5.10 Å². The first-order valence-electron chi connectivity index (χ1n) is 5.71. The van der Waals surface area contributed by atoms with Gasteiger partial charge in [0, 0.05) is 20.3 Å². The van der Waals surface area contributed by atoms with Gasteiger partial charge in [0.05, 0.1) is 16.3 Å². The smallest absolute Gasteiger partial charge is 0.337 e. The minimum atomic E-state index is -1.11. The molecular formula is C13H12ClN3O3. The third kappa shape index (κ3) is 2.50. The number of carbonyl (C=O) groups excluding carboxylic acids is 1. The van der Waals surface area contributed by atoms with Crippen LogP contribution in [-0.2, 0) is 0 Å². The molecule has 2 aromatic rings. The molecule has 0 spiro atoms. The first-order chi connectivity index (χ1) is 9.41. The Balaban J connectivity index is 2.53. The van der Waals surface area contributed by atoms with Crippen LogP contribution >= 0.6 is 11.6 Å². The molecule has 0 radical (unpaired) electrons. The van der Waals surface area contributed by atoms with Gasteiger partial charge in [-0.15, -0.1) is 0 Å². The van der Waals surface area contributed by atoms with Crippen LogP contribution in [-0.4, -0.2) is 45.8 Å². The lowest BCUT2D eigenvalue weighted by Crippen LogP contribution is -2.22. The highest BCUT2D eigenvalue weighted by atomic mass is 35.5. The number of hydrogen-bond donors (Lipinski definition) is 1. The van der Waals surface area contributed by atoms with Crippen LogP contribution in [0, 0.1) is 0 Å². The normalized spacial score (nSPS) is 10.3. The van der Waals surface area contributed by atoms with Crippen molar-refractivity contribution in [3.05, 3.63) is 46.7 Å². The van der Waals surface area contributed by atoms with E-state index in [0.717, 1.165) is 0 Å². The Bertz CT molecular complexity index is 679. The molecule has 1 N–H and O–H groups in total. The number of aromatic nitrogens is 2. The molecule has 1 amide bonds. The number of rotatable bonds is 3. The molecule has 104 valence electrons. The summed E-state index contributed by atoms with van der Waals surface area (Å²) in [6, 6.07) is 6.05. The van der Waals surface area contributed by atoms with Crippen LogP contribution < -0.4 is 0 Å². The topological polar surface area (TPSA) is 75.4 Å². The Kier molecular flexibility index (Phi) is 3.76. The Labute approximate surface area is 120 Å².